The number of hydrogen-bond acceptors (Lipinski definition) is 5. The van der Waals surface area contributed by atoms with Crippen molar-refractivity contribution < 1.29 is 22.5 Å². The molecular weight excluding hydrogens is 304 g/mol. The fraction of sp³-hybridized carbons (Fsp3) is 0.267. The summed E-state index contributed by atoms with van der Waals surface area (Å²) < 4.78 is 32.8. The molecule has 2 rings (SSSR count). The fourth-order valence-corrected chi connectivity index (χ4v) is 2.00. The van der Waals surface area contributed by atoms with Crippen LogP contribution in [0.2, 0.25) is 0 Å². The molecule has 0 unspecified atom stereocenters. The molecule has 2 aromatic rings. The summed E-state index contributed by atoms with van der Waals surface area (Å²) in [5.74, 6) is 0. The van der Waals surface area contributed by atoms with Crippen LogP contribution in [0.5, 0.6) is 0 Å². The Labute approximate surface area is 131 Å². The van der Waals surface area contributed by atoms with E-state index in [1.165, 1.54) is 17.8 Å². The smallest absolute Gasteiger partial charge is 0.224 e. The molecule has 1 aromatic carbocycles. The highest BCUT2D eigenvalue weighted by atomic mass is 32.2. The summed E-state index contributed by atoms with van der Waals surface area (Å²) in [6.45, 7) is 1.82. The Morgan fingerprint density at radius 1 is 1.05 bits per heavy atom. The Hall–Kier alpha value is -2.12. The van der Waals surface area contributed by atoms with Crippen LogP contribution in [0.1, 0.15) is 5.56 Å². The van der Waals surface area contributed by atoms with E-state index in [2.05, 4.69) is 0 Å². The Kier molecular flexibility index (Phi) is 6.33. The third-order valence-corrected chi connectivity index (χ3v) is 3.67. The van der Waals surface area contributed by atoms with Crippen molar-refractivity contribution in [2.45, 2.75) is 11.8 Å². The molecule has 0 radical (unpaired) electrons. The zero-order chi connectivity index (χ0) is 16.8. The third-order valence-electron chi connectivity index (χ3n) is 2.82. The molecule has 1 aromatic heterocycles. The molecule has 0 bridgehead atoms. The second-order valence-electron chi connectivity index (χ2n) is 4.76. The van der Waals surface area contributed by atoms with Gasteiger partial charge in [-0.1, -0.05) is 17.7 Å². The normalized spacial score (nSPS) is 10.4. The van der Waals surface area contributed by atoms with Gasteiger partial charge >= 0.3 is 0 Å². The first-order valence-electron chi connectivity index (χ1n) is 6.49. The Bertz CT molecular complexity index is 680. The van der Waals surface area contributed by atoms with Crippen LogP contribution in [0.3, 0.4) is 0 Å². The summed E-state index contributed by atoms with van der Waals surface area (Å²) in [7, 11) is 1.38. The van der Waals surface area contributed by atoms with Gasteiger partial charge in [-0.05, 0) is 19.1 Å². The number of rotatable bonds is 3. The Morgan fingerprint density at radius 2 is 1.55 bits per heavy atom. The summed E-state index contributed by atoms with van der Waals surface area (Å²) in [5, 5.41) is 0. The maximum Gasteiger partial charge on any atom is 0.224 e. The quantitative estimate of drug-likeness (QED) is 0.622. The lowest BCUT2D eigenvalue weighted by Crippen LogP contribution is -2.39. The van der Waals surface area contributed by atoms with Gasteiger partial charge in [-0.15, -0.1) is 0 Å². The lowest BCUT2D eigenvalue weighted by atomic mass is 10.2. The molecule has 0 aliphatic heterocycles. The van der Waals surface area contributed by atoms with Crippen molar-refractivity contribution in [3.8, 4) is 0 Å². The molecule has 0 amide bonds. The van der Waals surface area contributed by atoms with Gasteiger partial charge in [0.15, 0.2) is 0 Å². The van der Waals surface area contributed by atoms with E-state index in [0.29, 0.717) is 0 Å². The maximum atomic E-state index is 10.4. The van der Waals surface area contributed by atoms with Gasteiger partial charge in [-0.25, -0.2) is 8.42 Å². The Balaban J connectivity index is 0.000000220. The number of anilines is 1. The second-order valence-corrected chi connectivity index (χ2v) is 6.14. The van der Waals surface area contributed by atoms with E-state index in [-0.39, 0.29) is 4.90 Å². The van der Waals surface area contributed by atoms with E-state index < -0.39 is 10.1 Å². The molecule has 0 fully saturated rings. The SMILES string of the molecule is CO[n+]1ccc(N(C)C)cc1.Cc1ccc(S(=O)(=O)[O-])cc1. The van der Waals surface area contributed by atoms with Crippen LogP contribution < -0.4 is 14.5 Å². The second kappa shape index (κ2) is 7.77. The number of aryl methyl sites for hydroxylation is 1. The van der Waals surface area contributed by atoms with Crippen molar-refractivity contribution in [2.24, 2.45) is 0 Å². The molecule has 0 spiro atoms. The summed E-state index contributed by atoms with van der Waals surface area (Å²) >= 11 is 0. The molecule has 6 nitrogen and oxygen atoms in total. The van der Waals surface area contributed by atoms with E-state index in [1.807, 2.05) is 50.4 Å². The zero-order valence-corrected chi connectivity index (χ0v) is 13.9. The van der Waals surface area contributed by atoms with Crippen molar-refractivity contribution in [3.05, 3.63) is 54.4 Å². The number of pyridine rings is 1. The molecule has 120 valence electrons. The highest BCUT2D eigenvalue weighted by Crippen LogP contribution is 2.08. The van der Waals surface area contributed by atoms with Crippen LogP contribution in [0, 0.1) is 6.92 Å². The topological polar surface area (TPSA) is 73.5 Å². The lowest BCUT2D eigenvalue weighted by molar-refractivity contribution is -0.885. The van der Waals surface area contributed by atoms with Gasteiger partial charge < -0.3 is 9.45 Å². The lowest BCUT2D eigenvalue weighted by Gasteiger charge is -2.09. The van der Waals surface area contributed by atoms with E-state index >= 15 is 0 Å². The first-order valence-corrected chi connectivity index (χ1v) is 7.90. The van der Waals surface area contributed by atoms with Crippen molar-refractivity contribution in [1.29, 1.82) is 0 Å². The standard InChI is InChI=1S/C8H13N2O.C7H8O3S/c1-9(2)8-4-6-10(11-3)7-5-8;1-6-2-4-7(5-3-6)11(8,9)10/h4-7H,1-3H3;2-5H,1H3,(H,8,9,10)/q+1;/p-1. The first-order chi connectivity index (χ1) is 10.2. The predicted octanol–water partition coefficient (Wildman–Crippen LogP) is 0.998. The minimum absolute atomic E-state index is 0.178. The third kappa shape index (κ3) is 5.71. The van der Waals surface area contributed by atoms with Gasteiger partial charge in [0, 0.05) is 36.6 Å². The van der Waals surface area contributed by atoms with Crippen LogP contribution in [-0.4, -0.2) is 34.2 Å². The first kappa shape index (κ1) is 17.9. The zero-order valence-electron chi connectivity index (χ0n) is 13.1. The molecule has 7 heteroatoms. The fourth-order valence-electron chi connectivity index (χ4n) is 1.53. The van der Waals surface area contributed by atoms with Crippen molar-refractivity contribution in [1.82, 2.24) is 0 Å². The molecule has 0 saturated carbocycles. The van der Waals surface area contributed by atoms with Gasteiger partial charge in [-0.3, -0.25) is 4.84 Å². The van der Waals surface area contributed by atoms with Gasteiger partial charge in [0.2, 0.25) is 12.4 Å². The molecule has 0 aliphatic carbocycles. The van der Waals surface area contributed by atoms with Crippen LogP contribution >= 0.6 is 0 Å². The minimum atomic E-state index is -4.27. The van der Waals surface area contributed by atoms with E-state index in [1.54, 1.807) is 24.0 Å². The van der Waals surface area contributed by atoms with Crippen LogP contribution in [-0.2, 0) is 10.1 Å². The highest BCUT2D eigenvalue weighted by molar-refractivity contribution is 7.85. The molecular formula is C15H20N2O4S. The molecule has 0 saturated heterocycles. The van der Waals surface area contributed by atoms with Crippen molar-refractivity contribution >= 4 is 15.8 Å². The summed E-state index contributed by atoms with van der Waals surface area (Å²) in [4.78, 5) is 6.81. The number of benzene rings is 1. The summed E-state index contributed by atoms with van der Waals surface area (Å²) in [6, 6.07) is 9.76. The summed E-state index contributed by atoms with van der Waals surface area (Å²) in [5.41, 5.74) is 2.09. The van der Waals surface area contributed by atoms with Gasteiger partial charge in [0.05, 0.1) is 4.90 Å². The molecule has 0 N–H and O–H groups in total. The van der Waals surface area contributed by atoms with Gasteiger partial charge in [0.25, 0.3) is 0 Å². The molecule has 22 heavy (non-hydrogen) atoms. The minimum Gasteiger partial charge on any atom is -0.744 e. The average Bonchev–Trinajstić information content (AvgIpc) is 2.47. The number of nitrogens with zero attached hydrogens (tertiary/aromatic N) is 2. The van der Waals surface area contributed by atoms with Crippen LogP contribution in [0.25, 0.3) is 0 Å². The number of hydrogen-bond donors (Lipinski definition) is 0. The molecule has 0 aliphatic rings. The van der Waals surface area contributed by atoms with Crippen LogP contribution in [0.15, 0.2) is 53.7 Å². The van der Waals surface area contributed by atoms with E-state index in [0.717, 1.165) is 5.56 Å². The van der Waals surface area contributed by atoms with Crippen LogP contribution in [0.4, 0.5) is 5.69 Å². The maximum absolute atomic E-state index is 10.4. The predicted molar refractivity (Wildman–Crippen MR) is 82.6 cm³/mol. The molecule has 1 heterocycles. The monoisotopic (exact) mass is 324 g/mol. The van der Waals surface area contributed by atoms with Gasteiger partial charge in [0.1, 0.15) is 17.2 Å². The van der Waals surface area contributed by atoms with Crippen molar-refractivity contribution in [2.75, 3.05) is 26.1 Å². The average molecular weight is 324 g/mol. The van der Waals surface area contributed by atoms with E-state index in [4.69, 9.17) is 4.84 Å². The highest BCUT2D eigenvalue weighted by Gasteiger charge is 1.99. The van der Waals surface area contributed by atoms with E-state index in [9.17, 15) is 13.0 Å². The Morgan fingerprint density at radius 3 is 1.91 bits per heavy atom. The number of aromatic nitrogens is 1. The largest absolute Gasteiger partial charge is 0.744 e. The van der Waals surface area contributed by atoms with Gasteiger partial charge in [-0.2, -0.15) is 0 Å². The van der Waals surface area contributed by atoms with Crippen molar-refractivity contribution in [3.63, 3.8) is 0 Å². The molecule has 0 atom stereocenters. The summed E-state index contributed by atoms with van der Waals surface area (Å²) in [6.07, 6.45) is 3.74.